The Balaban J connectivity index is 2.23. The van der Waals surface area contributed by atoms with Crippen molar-refractivity contribution < 1.29 is 16.1 Å². The molecule has 0 aromatic heterocycles. The van der Waals surface area contributed by atoms with E-state index in [0.29, 0.717) is 5.75 Å². The quantitative estimate of drug-likeness (QED) is 0.571. The van der Waals surface area contributed by atoms with Gasteiger partial charge in [0.2, 0.25) is 5.91 Å². The number of carboxylic acids is 1. The highest BCUT2D eigenvalue weighted by atomic mass is 32.2. The summed E-state index contributed by atoms with van der Waals surface area (Å²) in [6.07, 6.45) is 1.52. The van der Waals surface area contributed by atoms with Crippen molar-refractivity contribution in [3.05, 3.63) is 11.8 Å². The zero-order valence-corrected chi connectivity index (χ0v) is 7.37. The van der Waals surface area contributed by atoms with E-state index in [1.54, 1.807) is 0 Å². The number of hydrogen-bond acceptors (Lipinski definition) is 4. The standard InChI is InChI=1S/C7H8N2O3S/c8-4-5(10)9-3(7(11)12)1-2-13-6(4)9/h1,4,6H,2,8H2,(H,11,12)/t4?,6-/m1/s1/i/hD. The number of carbonyl (C=O) groups is 2. The van der Waals surface area contributed by atoms with Crippen molar-refractivity contribution >= 4 is 23.6 Å². The Bertz CT molecular complexity index is 333. The van der Waals surface area contributed by atoms with Crippen LogP contribution in [-0.4, -0.2) is 39.1 Å². The van der Waals surface area contributed by atoms with Crippen molar-refractivity contribution in [2.45, 2.75) is 11.4 Å². The van der Waals surface area contributed by atoms with E-state index in [9.17, 15) is 9.59 Å². The van der Waals surface area contributed by atoms with E-state index in [1.165, 1.54) is 22.7 Å². The Hall–Kier alpha value is -1.01. The zero-order valence-electron chi connectivity index (χ0n) is 7.56. The van der Waals surface area contributed by atoms with Crippen molar-refractivity contribution in [1.29, 1.82) is 0 Å². The molecule has 0 spiro atoms. The topological polar surface area (TPSA) is 83.6 Å². The van der Waals surface area contributed by atoms with Gasteiger partial charge in [-0.3, -0.25) is 9.69 Å². The molecule has 0 aliphatic carbocycles. The predicted molar refractivity (Wildman–Crippen MR) is 46.8 cm³/mol. The molecule has 0 aromatic carbocycles. The Kier molecular flexibility index (Phi) is 1.56. The number of β-lactam (4-membered cyclic amide) rings is 1. The molecule has 3 N–H and O–H groups in total. The van der Waals surface area contributed by atoms with Crippen LogP contribution < -0.4 is 5.73 Å². The van der Waals surface area contributed by atoms with Crippen molar-refractivity contribution in [3.63, 3.8) is 0 Å². The third kappa shape index (κ3) is 1.06. The van der Waals surface area contributed by atoms with Crippen LogP contribution in [0.5, 0.6) is 0 Å². The molecule has 5 nitrogen and oxygen atoms in total. The Morgan fingerprint density at radius 3 is 3.31 bits per heavy atom. The summed E-state index contributed by atoms with van der Waals surface area (Å²) in [5.41, 5.74) is 2.16. The molecule has 6 heteroatoms. The first kappa shape index (κ1) is 7.40. The molecule has 0 aromatic rings. The number of carboxylic acid groups (broad SMARTS) is 1. The third-order valence-corrected chi connectivity index (χ3v) is 3.25. The fourth-order valence-electron chi connectivity index (χ4n) is 1.41. The summed E-state index contributed by atoms with van der Waals surface area (Å²) in [6.45, 7) is 0. The predicted octanol–water partition coefficient (Wildman–Crippen LogP) is -0.803. The van der Waals surface area contributed by atoms with Gasteiger partial charge in [0.25, 0.3) is 0 Å². The molecule has 1 saturated heterocycles. The molecule has 1 amide bonds. The van der Waals surface area contributed by atoms with Crippen molar-refractivity contribution in [2.75, 3.05) is 5.75 Å². The van der Waals surface area contributed by atoms with E-state index in [0.717, 1.165) is 0 Å². The van der Waals surface area contributed by atoms with Crippen molar-refractivity contribution in [3.8, 4) is 0 Å². The number of carbonyl (C=O) groups excluding carboxylic acids is 1. The molecule has 0 radical (unpaired) electrons. The number of rotatable bonds is 2. The fourth-order valence-corrected chi connectivity index (χ4v) is 2.53. The van der Waals surface area contributed by atoms with Crippen LogP contribution in [0.15, 0.2) is 11.8 Å². The summed E-state index contributed by atoms with van der Waals surface area (Å²) in [5, 5.41) is 8.56. The first-order chi connectivity index (χ1) is 6.66. The second-order valence-electron chi connectivity index (χ2n) is 2.80. The van der Waals surface area contributed by atoms with Gasteiger partial charge in [-0.2, -0.15) is 0 Å². The first-order valence-electron chi connectivity index (χ1n) is 4.22. The lowest BCUT2D eigenvalue weighted by Crippen LogP contribution is -2.68. The summed E-state index contributed by atoms with van der Waals surface area (Å²) >= 11 is 1.45. The zero-order chi connectivity index (χ0) is 10.3. The number of aliphatic carboxylic acids is 1. The SMILES string of the molecule is [2H]NC1C(=O)N2C(C(=O)O)=CCS[C@H]12. The second kappa shape index (κ2) is 2.74. The van der Waals surface area contributed by atoms with Crippen LogP contribution in [0, 0.1) is 0 Å². The Labute approximate surface area is 80.0 Å². The summed E-state index contributed by atoms with van der Waals surface area (Å²) in [5.74, 6) is -0.869. The summed E-state index contributed by atoms with van der Waals surface area (Å²) in [7, 11) is 0. The lowest BCUT2D eigenvalue weighted by Gasteiger charge is -2.46. The van der Waals surface area contributed by atoms with Gasteiger partial charge >= 0.3 is 5.97 Å². The van der Waals surface area contributed by atoms with Crippen molar-refractivity contribution in [1.82, 2.24) is 4.90 Å². The molecule has 1 fully saturated rings. The monoisotopic (exact) mass is 201 g/mol. The molecular formula is C7H8N2O3S. The van der Waals surface area contributed by atoms with Crippen LogP contribution in [-0.2, 0) is 9.59 Å². The molecule has 0 saturated carbocycles. The molecule has 1 unspecified atom stereocenters. The van der Waals surface area contributed by atoms with Gasteiger partial charge in [0.05, 0.1) is 0 Å². The lowest BCUT2D eigenvalue weighted by atomic mass is 10.1. The number of nitrogens with two attached hydrogens (primary N) is 1. The average molecular weight is 201 g/mol. The molecule has 0 bridgehead atoms. The summed E-state index contributed by atoms with van der Waals surface area (Å²) in [4.78, 5) is 23.3. The van der Waals surface area contributed by atoms with Crippen molar-refractivity contribution in [2.24, 2.45) is 5.73 Å². The second-order valence-corrected chi connectivity index (χ2v) is 3.95. The summed E-state index contributed by atoms with van der Waals surface area (Å²) < 4.78 is 6.91. The molecule has 2 aliphatic heterocycles. The average Bonchev–Trinajstić information content (AvgIpc) is 2.16. The molecule has 2 heterocycles. The molecule has 2 atom stereocenters. The maximum atomic E-state index is 11.4. The van der Waals surface area contributed by atoms with E-state index in [2.05, 4.69) is 5.73 Å². The van der Waals surface area contributed by atoms with Crippen LogP contribution in [0.4, 0.5) is 0 Å². The van der Waals surface area contributed by atoms with Gasteiger partial charge in [-0.05, 0) is 6.08 Å². The van der Waals surface area contributed by atoms with Gasteiger partial charge in [0.1, 0.15) is 18.5 Å². The largest absolute Gasteiger partial charge is 0.477 e. The van der Waals surface area contributed by atoms with E-state index < -0.39 is 12.0 Å². The van der Waals surface area contributed by atoms with Crippen LogP contribution in [0.1, 0.15) is 0 Å². The number of thioether (sulfide) groups is 1. The normalized spacial score (nSPS) is 32.9. The Morgan fingerprint density at radius 1 is 1.92 bits per heavy atom. The fraction of sp³-hybridized carbons (Fsp3) is 0.429. The molecule has 13 heavy (non-hydrogen) atoms. The smallest absolute Gasteiger partial charge is 0.352 e. The molecule has 2 rings (SSSR count). The van der Waals surface area contributed by atoms with Crippen LogP contribution >= 0.6 is 11.8 Å². The van der Waals surface area contributed by atoms with Gasteiger partial charge in [-0.1, -0.05) is 0 Å². The minimum atomic E-state index is -1.09. The van der Waals surface area contributed by atoms with Crippen LogP contribution in [0.25, 0.3) is 0 Å². The van der Waals surface area contributed by atoms with Crippen LogP contribution in [0.3, 0.4) is 0 Å². The van der Waals surface area contributed by atoms with Crippen LogP contribution in [0.2, 0.25) is 1.41 Å². The van der Waals surface area contributed by atoms with Gasteiger partial charge < -0.3 is 10.8 Å². The lowest BCUT2D eigenvalue weighted by molar-refractivity contribution is -0.147. The number of hydrogen-bond donors (Lipinski definition) is 2. The molecule has 70 valence electrons. The van der Waals surface area contributed by atoms with E-state index >= 15 is 0 Å². The van der Waals surface area contributed by atoms with E-state index in [4.69, 9.17) is 6.52 Å². The minimum absolute atomic E-state index is 0.0326. The first-order valence-corrected chi connectivity index (χ1v) is 4.77. The van der Waals surface area contributed by atoms with Gasteiger partial charge in [-0.15, -0.1) is 11.8 Å². The van der Waals surface area contributed by atoms with Gasteiger partial charge in [0, 0.05) is 5.75 Å². The highest BCUT2D eigenvalue weighted by Gasteiger charge is 2.49. The minimum Gasteiger partial charge on any atom is -0.477 e. The highest BCUT2D eigenvalue weighted by Crippen LogP contribution is 2.36. The maximum Gasteiger partial charge on any atom is 0.352 e. The number of nitrogens with zero attached hydrogens (tertiary/aromatic N) is 1. The van der Waals surface area contributed by atoms with E-state index in [1.807, 2.05) is 0 Å². The third-order valence-electron chi connectivity index (χ3n) is 2.07. The van der Waals surface area contributed by atoms with E-state index in [-0.39, 0.29) is 17.0 Å². The van der Waals surface area contributed by atoms with Gasteiger partial charge in [-0.25, -0.2) is 4.79 Å². The highest BCUT2D eigenvalue weighted by molar-refractivity contribution is 8.00. The maximum absolute atomic E-state index is 11.4. The number of amides is 1. The van der Waals surface area contributed by atoms with Gasteiger partial charge in [0.15, 0.2) is 0 Å². The Morgan fingerprint density at radius 2 is 2.69 bits per heavy atom. The number of fused-ring (bicyclic) bond motifs is 1. The summed E-state index contributed by atoms with van der Waals surface area (Å²) in [6, 6.07) is -0.567. The molecular weight excluding hydrogens is 192 g/mol. The molecule has 2 aliphatic rings.